The van der Waals surface area contributed by atoms with Crippen molar-refractivity contribution >= 4 is 46.6 Å². The number of anilines is 1. The molecule has 0 spiro atoms. The van der Waals surface area contributed by atoms with E-state index in [1.54, 1.807) is 17.1 Å². The molecule has 1 aromatic rings. The summed E-state index contributed by atoms with van der Waals surface area (Å²) < 4.78 is 10.4. The lowest BCUT2D eigenvalue weighted by Gasteiger charge is -2.13. The number of benzene rings is 1. The van der Waals surface area contributed by atoms with E-state index in [9.17, 15) is 9.59 Å². The fourth-order valence-corrected chi connectivity index (χ4v) is 2.54. The Bertz CT molecular complexity index is 699. The van der Waals surface area contributed by atoms with Gasteiger partial charge in [-0.25, -0.2) is 0 Å². The molecule has 1 aliphatic heterocycles. The van der Waals surface area contributed by atoms with Crippen LogP contribution in [0.15, 0.2) is 23.3 Å². The number of nitrogens with one attached hydrogen (secondary N) is 1. The molecule has 1 aliphatic rings. The molecule has 1 amide bonds. The summed E-state index contributed by atoms with van der Waals surface area (Å²) in [5.41, 5.74) is 0.805. The van der Waals surface area contributed by atoms with Crippen LogP contribution < -0.4 is 10.3 Å². The molecule has 1 heterocycles. The highest BCUT2D eigenvalue weighted by Gasteiger charge is 2.18. The third kappa shape index (κ3) is 7.72. The molecule has 8 nitrogen and oxygen atoms in total. The summed E-state index contributed by atoms with van der Waals surface area (Å²) in [7, 11) is 0. The molecule has 2 N–H and O–H groups in total. The number of ether oxygens (including phenoxy) is 2. The maximum absolute atomic E-state index is 11.9. The van der Waals surface area contributed by atoms with Crippen LogP contribution in [0.3, 0.4) is 0 Å². The van der Waals surface area contributed by atoms with Gasteiger partial charge in [-0.15, -0.1) is 0 Å². The van der Waals surface area contributed by atoms with Crippen LogP contribution >= 0.6 is 23.2 Å². The van der Waals surface area contributed by atoms with Crippen molar-refractivity contribution in [2.24, 2.45) is 5.10 Å². The lowest BCUT2D eigenvalue weighted by molar-refractivity contribution is -0.138. The maximum atomic E-state index is 11.9. The molecular formula is C17H21Cl2N3O5. The van der Waals surface area contributed by atoms with Gasteiger partial charge in [-0.2, -0.15) is 5.10 Å². The van der Waals surface area contributed by atoms with Crippen LogP contribution in [0.2, 0.25) is 10.0 Å². The van der Waals surface area contributed by atoms with Crippen molar-refractivity contribution in [3.05, 3.63) is 28.2 Å². The van der Waals surface area contributed by atoms with Crippen LogP contribution in [0.1, 0.15) is 19.3 Å². The average molecular weight is 418 g/mol. The third-order valence-electron chi connectivity index (χ3n) is 3.59. The number of halogens is 2. The van der Waals surface area contributed by atoms with Crippen molar-refractivity contribution in [3.63, 3.8) is 0 Å². The number of carbonyl (C=O) groups is 2. The van der Waals surface area contributed by atoms with Gasteiger partial charge in [0, 0.05) is 13.0 Å². The molecule has 0 fully saturated rings. The standard InChI is InChI=1S/C17H21Cl2N3O5/c18-13-2-1-12(11-14(13)19)22-6-3-15(21-22)20-16(23)4-7-26-9-10-27-8-5-17(24)25/h1-2,11H,3-10H2,(H,24,25)(H,20,21,23). The predicted molar refractivity (Wildman–Crippen MR) is 103 cm³/mol. The molecule has 0 aliphatic carbocycles. The number of carbonyl (C=O) groups excluding carboxylic acids is 1. The van der Waals surface area contributed by atoms with Crippen LogP contribution in [0, 0.1) is 0 Å². The summed E-state index contributed by atoms with van der Waals surface area (Å²) in [4.78, 5) is 22.2. The van der Waals surface area contributed by atoms with Crippen molar-refractivity contribution in [1.82, 2.24) is 5.32 Å². The number of hydrogen-bond donors (Lipinski definition) is 2. The Kier molecular flexibility index (Phi) is 8.80. The Hall–Kier alpha value is -1.87. The average Bonchev–Trinajstić information content (AvgIpc) is 3.07. The topological polar surface area (TPSA) is 100 Å². The first-order chi connectivity index (χ1) is 13.0. The van der Waals surface area contributed by atoms with E-state index < -0.39 is 5.97 Å². The predicted octanol–water partition coefficient (Wildman–Crippen LogP) is 2.53. The number of carboxylic acid groups (broad SMARTS) is 1. The molecule has 0 saturated carbocycles. The van der Waals surface area contributed by atoms with Crippen LogP contribution in [0.4, 0.5) is 5.69 Å². The van der Waals surface area contributed by atoms with Crippen molar-refractivity contribution in [2.45, 2.75) is 19.3 Å². The van der Waals surface area contributed by atoms with Gasteiger partial charge in [0.15, 0.2) is 0 Å². The van der Waals surface area contributed by atoms with Gasteiger partial charge in [0.1, 0.15) is 5.84 Å². The number of nitrogens with zero attached hydrogens (tertiary/aromatic N) is 2. The Balaban J connectivity index is 1.63. The van der Waals surface area contributed by atoms with E-state index in [0.29, 0.717) is 42.1 Å². The zero-order chi connectivity index (χ0) is 19.6. The normalized spacial score (nSPS) is 13.6. The molecule has 148 valence electrons. The number of hydrazone groups is 1. The number of hydrogen-bond acceptors (Lipinski definition) is 6. The Labute approximate surface area is 167 Å². The monoisotopic (exact) mass is 417 g/mol. The Morgan fingerprint density at radius 1 is 1.11 bits per heavy atom. The highest BCUT2D eigenvalue weighted by atomic mass is 35.5. The lowest BCUT2D eigenvalue weighted by Crippen LogP contribution is -2.30. The maximum Gasteiger partial charge on any atom is 0.305 e. The molecule has 0 unspecified atom stereocenters. The molecule has 2 rings (SSSR count). The van der Waals surface area contributed by atoms with Gasteiger partial charge in [0.2, 0.25) is 5.91 Å². The molecule has 0 atom stereocenters. The first-order valence-electron chi connectivity index (χ1n) is 8.43. The van der Waals surface area contributed by atoms with Crippen molar-refractivity contribution in [1.29, 1.82) is 0 Å². The van der Waals surface area contributed by atoms with E-state index in [-0.39, 0.29) is 32.0 Å². The largest absolute Gasteiger partial charge is 0.481 e. The zero-order valence-electron chi connectivity index (χ0n) is 14.6. The van der Waals surface area contributed by atoms with Gasteiger partial charge in [-0.3, -0.25) is 14.6 Å². The van der Waals surface area contributed by atoms with Gasteiger partial charge in [-0.05, 0) is 18.2 Å². The second-order valence-electron chi connectivity index (χ2n) is 5.68. The minimum atomic E-state index is -0.903. The molecule has 0 bridgehead atoms. The van der Waals surface area contributed by atoms with Gasteiger partial charge < -0.3 is 19.9 Å². The zero-order valence-corrected chi connectivity index (χ0v) is 16.1. The Morgan fingerprint density at radius 3 is 2.48 bits per heavy atom. The number of amidine groups is 1. The molecular weight excluding hydrogens is 397 g/mol. The number of amides is 1. The van der Waals surface area contributed by atoms with E-state index in [2.05, 4.69) is 10.4 Å². The molecule has 1 aromatic carbocycles. The summed E-state index contributed by atoms with van der Waals surface area (Å²) in [6.45, 7) is 1.63. The van der Waals surface area contributed by atoms with Gasteiger partial charge in [-0.1, -0.05) is 23.2 Å². The molecule has 0 radical (unpaired) electrons. The van der Waals surface area contributed by atoms with Crippen molar-refractivity contribution < 1.29 is 24.2 Å². The smallest absolute Gasteiger partial charge is 0.305 e. The molecule has 27 heavy (non-hydrogen) atoms. The van der Waals surface area contributed by atoms with Crippen LogP contribution in [-0.2, 0) is 19.1 Å². The second kappa shape index (κ2) is 11.1. The summed E-state index contributed by atoms with van der Waals surface area (Å²) in [6, 6.07) is 5.24. The van der Waals surface area contributed by atoms with Gasteiger partial charge in [0.25, 0.3) is 0 Å². The first kappa shape index (κ1) is 21.4. The Morgan fingerprint density at radius 2 is 1.81 bits per heavy atom. The first-order valence-corrected chi connectivity index (χ1v) is 9.18. The fourth-order valence-electron chi connectivity index (χ4n) is 2.25. The highest BCUT2D eigenvalue weighted by Crippen LogP contribution is 2.28. The van der Waals surface area contributed by atoms with Crippen LogP contribution in [0.25, 0.3) is 0 Å². The summed E-state index contributed by atoms with van der Waals surface area (Å²) in [6.07, 6.45) is 0.773. The number of carboxylic acids is 1. The highest BCUT2D eigenvalue weighted by molar-refractivity contribution is 6.42. The third-order valence-corrected chi connectivity index (χ3v) is 4.33. The van der Waals surface area contributed by atoms with E-state index >= 15 is 0 Å². The van der Waals surface area contributed by atoms with E-state index in [1.165, 1.54) is 0 Å². The fraction of sp³-hybridized carbons (Fsp3) is 0.471. The van der Waals surface area contributed by atoms with Gasteiger partial charge in [0.05, 0.1) is 55.0 Å². The summed E-state index contributed by atoms with van der Waals surface area (Å²) in [5, 5.41) is 18.3. The second-order valence-corrected chi connectivity index (χ2v) is 6.50. The van der Waals surface area contributed by atoms with Crippen LogP contribution in [0.5, 0.6) is 0 Å². The van der Waals surface area contributed by atoms with E-state index in [4.69, 9.17) is 37.8 Å². The summed E-state index contributed by atoms with van der Waals surface area (Å²) in [5.74, 6) is -0.500. The van der Waals surface area contributed by atoms with Crippen LogP contribution in [-0.4, -0.2) is 55.8 Å². The van der Waals surface area contributed by atoms with Crippen molar-refractivity contribution in [2.75, 3.05) is 38.0 Å². The molecule has 0 aromatic heterocycles. The lowest BCUT2D eigenvalue weighted by atomic mass is 10.3. The number of rotatable bonds is 10. The quantitative estimate of drug-likeness (QED) is 0.567. The molecule has 0 saturated heterocycles. The van der Waals surface area contributed by atoms with Gasteiger partial charge >= 0.3 is 5.97 Å². The van der Waals surface area contributed by atoms with E-state index in [0.717, 1.165) is 5.69 Å². The van der Waals surface area contributed by atoms with Crippen molar-refractivity contribution in [3.8, 4) is 0 Å². The van der Waals surface area contributed by atoms with E-state index in [1.807, 2.05) is 6.07 Å². The molecule has 10 heteroatoms. The minimum absolute atomic E-state index is 0.0379. The number of aliphatic carboxylic acids is 1. The minimum Gasteiger partial charge on any atom is -0.481 e. The SMILES string of the molecule is O=C(O)CCOCCOCCC(=O)NC1=NN(c2ccc(Cl)c(Cl)c2)CC1. The summed E-state index contributed by atoms with van der Waals surface area (Å²) >= 11 is 11.9.